The number of carbonyl (C=O) groups excluding carboxylic acids is 2. The van der Waals surface area contributed by atoms with Gasteiger partial charge in [0.2, 0.25) is 5.91 Å². The normalized spacial score (nSPS) is 10.4. The van der Waals surface area contributed by atoms with Crippen LogP contribution in [0.2, 0.25) is 0 Å². The average molecular weight is 495 g/mol. The van der Waals surface area contributed by atoms with E-state index in [4.69, 9.17) is 14.2 Å². The van der Waals surface area contributed by atoms with Gasteiger partial charge in [-0.25, -0.2) is 0 Å². The highest BCUT2D eigenvalue weighted by Gasteiger charge is 2.13. The molecule has 0 atom stereocenters. The van der Waals surface area contributed by atoms with Crippen molar-refractivity contribution in [2.75, 3.05) is 38.9 Å². The van der Waals surface area contributed by atoms with Crippen LogP contribution >= 0.6 is 11.8 Å². The van der Waals surface area contributed by atoms with Gasteiger partial charge in [0.05, 0.1) is 38.3 Å². The summed E-state index contributed by atoms with van der Waals surface area (Å²) in [4.78, 5) is 25.3. The molecule has 0 spiro atoms. The third-order valence-corrected chi connectivity index (χ3v) is 6.26. The van der Waals surface area contributed by atoms with Crippen LogP contribution in [0.5, 0.6) is 17.2 Å². The molecule has 3 aromatic carbocycles. The van der Waals surface area contributed by atoms with Crippen molar-refractivity contribution in [3.8, 4) is 17.2 Å². The van der Waals surface area contributed by atoms with Gasteiger partial charge in [-0.3, -0.25) is 9.59 Å². The van der Waals surface area contributed by atoms with E-state index < -0.39 is 0 Å². The van der Waals surface area contributed by atoms with Gasteiger partial charge in [-0.1, -0.05) is 30.3 Å². The minimum absolute atomic E-state index is 0.158. The molecule has 0 saturated carbocycles. The van der Waals surface area contributed by atoms with E-state index in [0.29, 0.717) is 41.5 Å². The number of hydrogen-bond donors (Lipinski definition) is 2. The highest BCUT2D eigenvalue weighted by atomic mass is 32.2. The number of amides is 2. The van der Waals surface area contributed by atoms with E-state index in [9.17, 15) is 9.59 Å². The molecule has 0 aliphatic carbocycles. The van der Waals surface area contributed by atoms with Crippen molar-refractivity contribution < 1.29 is 23.8 Å². The summed E-state index contributed by atoms with van der Waals surface area (Å²) in [6.07, 6.45) is 0.628. The van der Waals surface area contributed by atoms with Gasteiger partial charge in [-0.2, -0.15) is 0 Å². The molecule has 0 unspecified atom stereocenters. The number of para-hydroxylation sites is 1. The first kappa shape index (κ1) is 26.0. The monoisotopic (exact) mass is 494 g/mol. The van der Waals surface area contributed by atoms with Crippen molar-refractivity contribution in [1.82, 2.24) is 5.32 Å². The molecule has 0 bridgehead atoms. The number of nitrogens with one attached hydrogen (secondary N) is 2. The zero-order valence-electron chi connectivity index (χ0n) is 20.1. The zero-order valence-corrected chi connectivity index (χ0v) is 20.9. The molecule has 2 N–H and O–H groups in total. The van der Waals surface area contributed by atoms with E-state index in [-0.39, 0.29) is 17.6 Å². The number of hydrogen-bond acceptors (Lipinski definition) is 6. The number of carbonyl (C=O) groups is 2. The average Bonchev–Trinajstić information content (AvgIpc) is 2.89. The zero-order chi connectivity index (χ0) is 25.0. The first-order valence-corrected chi connectivity index (χ1v) is 12.3. The quantitative estimate of drug-likeness (QED) is 0.384. The van der Waals surface area contributed by atoms with Crippen LogP contribution in [-0.2, 0) is 17.0 Å². The van der Waals surface area contributed by atoms with E-state index in [1.165, 1.54) is 11.8 Å². The highest BCUT2D eigenvalue weighted by molar-refractivity contribution is 7.99. The fourth-order valence-electron chi connectivity index (χ4n) is 3.41. The van der Waals surface area contributed by atoms with Crippen molar-refractivity contribution in [1.29, 1.82) is 0 Å². The van der Waals surface area contributed by atoms with Gasteiger partial charge < -0.3 is 24.8 Å². The van der Waals surface area contributed by atoms with Gasteiger partial charge in [0.1, 0.15) is 5.75 Å². The fourth-order valence-corrected chi connectivity index (χ4v) is 4.20. The van der Waals surface area contributed by atoms with E-state index >= 15 is 0 Å². The van der Waals surface area contributed by atoms with Crippen LogP contribution in [-0.4, -0.2) is 45.4 Å². The second-order valence-electron chi connectivity index (χ2n) is 7.63. The van der Waals surface area contributed by atoms with Crippen LogP contribution < -0.4 is 24.8 Å². The molecule has 0 aromatic heterocycles. The predicted molar refractivity (Wildman–Crippen MR) is 140 cm³/mol. The number of methoxy groups -OCH3 is 3. The second kappa shape index (κ2) is 13.3. The first-order chi connectivity index (χ1) is 17.0. The Morgan fingerprint density at radius 2 is 1.54 bits per heavy atom. The van der Waals surface area contributed by atoms with Crippen molar-refractivity contribution in [3.05, 3.63) is 83.4 Å². The molecule has 35 heavy (non-hydrogen) atoms. The van der Waals surface area contributed by atoms with Crippen molar-refractivity contribution in [2.45, 2.75) is 12.2 Å². The van der Waals surface area contributed by atoms with Gasteiger partial charge in [0, 0.05) is 12.3 Å². The predicted octanol–water partition coefficient (Wildman–Crippen LogP) is 4.56. The van der Waals surface area contributed by atoms with Gasteiger partial charge in [-0.05, 0) is 53.9 Å². The third-order valence-electron chi connectivity index (χ3n) is 5.25. The van der Waals surface area contributed by atoms with E-state index in [1.54, 1.807) is 45.6 Å². The lowest BCUT2D eigenvalue weighted by atomic mass is 10.1. The van der Waals surface area contributed by atoms with E-state index in [2.05, 4.69) is 10.6 Å². The third kappa shape index (κ3) is 7.68. The Bertz CT molecular complexity index is 1130. The van der Waals surface area contributed by atoms with Crippen LogP contribution in [0.25, 0.3) is 0 Å². The molecule has 8 heteroatoms. The summed E-state index contributed by atoms with van der Waals surface area (Å²) in [5, 5.41) is 5.78. The summed E-state index contributed by atoms with van der Waals surface area (Å²) in [5.74, 6) is 2.69. The lowest BCUT2D eigenvalue weighted by Gasteiger charge is -2.12. The Morgan fingerprint density at radius 1 is 0.829 bits per heavy atom. The van der Waals surface area contributed by atoms with E-state index in [0.717, 1.165) is 16.9 Å². The standard InChI is InChI=1S/C27H30N2O5S/c1-32-21-11-8-20(9-12-21)17-35-18-26(30)29-23-7-5-4-6-22(23)27(31)28-15-14-19-10-13-24(33-2)25(16-19)34-3/h4-13,16H,14-15,17-18H2,1-3H3,(H,28,31)(H,29,30). The topological polar surface area (TPSA) is 85.9 Å². The summed E-state index contributed by atoms with van der Waals surface area (Å²) in [6, 6.07) is 20.4. The smallest absolute Gasteiger partial charge is 0.253 e. The van der Waals surface area contributed by atoms with Crippen LogP contribution in [0.15, 0.2) is 66.7 Å². The van der Waals surface area contributed by atoms with Crippen molar-refractivity contribution in [2.24, 2.45) is 0 Å². The lowest BCUT2D eigenvalue weighted by molar-refractivity contribution is -0.113. The van der Waals surface area contributed by atoms with Crippen LogP contribution in [0.4, 0.5) is 5.69 Å². The summed E-state index contributed by atoms with van der Waals surface area (Å²) in [6.45, 7) is 0.439. The number of anilines is 1. The Hall–Kier alpha value is -3.65. The number of rotatable bonds is 12. The molecule has 3 rings (SSSR count). The Morgan fingerprint density at radius 3 is 2.26 bits per heavy atom. The Labute approximate surface area is 210 Å². The first-order valence-electron chi connectivity index (χ1n) is 11.1. The second-order valence-corrected chi connectivity index (χ2v) is 8.62. The lowest BCUT2D eigenvalue weighted by Crippen LogP contribution is -2.27. The van der Waals surface area contributed by atoms with Crippen LogP contribution in [0.3, 0.4) is 0 Å². The minimum Gasteiger partial charge on any atom is -0.497 e. The van der Waals surface area contributed by atoms with Crippen molar-refractivity contribution in [3.63, 3.8) is 0 Å². The SMILES string of the molecule is COc1ccc(CSCC(=O)Nc2ccccc2C(=O)NCCc2ccc(OC)c(OC)c2)cc1. The molecular formula is C27H30N2O5S. The van der Waals surface area contributed by atoms with Crippen LogP contribution in [0, 0.1) is 0 Å². The maximum atomic E-state index is 12.8. The maximum absolute atomic E-state index is 12.8. The molecule has 2 amide bonds. The number of benzene rings is 3. The highest BCUT2D eigenvalue weighted by Crippen LogP contribution is 2.27. The Kier molecular flexibility index (Phi) is 9.86. The minimum atomic E-state index is -0.243. The maximum Gasteiger partial charge on any atom is 0.253 e. The molecular weight excluding hydrogens is 464 g/mol. The molecule has 0 fully saturated rings. The van der Waals surface area contributed by atoms with Crippen LogP contribution in [0.1, 0.15) is 21.5 Å². The van der Waals surface area contributed by atoms with Crippen molar-refractivity contribution >= 4 is 29.3 Å². The molecule has 0 heterocycles. The summed E-state index contributed by atoms with van der Waals surface area (Å²) >= 11 is 1.51. The molecule has 0 aliphatic rings. The molecule has 0 aliphatic heterocycles. The summed E-state index contributed by atoms with van der Waals surface area (Å²) in [7, 11) is 4.81. The molecule has 184 valence electrons. The van der Waals surface area contributed by atoms with Gasteiger partial charge in [0.15, 0.2) is 11.5 Å². The summed E-state index contributed by atoms with van der Waals surface area (Å²) in [5.41, 5.74) is 3.04. The fraction of sp³-hybridized carbons (Fsp3) is 0.259. The molecule has 3 aromatic rings. The Balaban J connectivity index is 1.50. The van der Waals surface area contributed by atoms with Gasteiger partial charge >= 0.3 is 0 Å². The molecule has 0 saturated heterocycles. The van der Waals surface area contributed by atoms with E-state index in [1.807, 2.05) is 42.5 Å². The van der Waals surface area contributed by atoms with Gasteiger partial charge in [0.25, 0.3) is 5.91 Å². The number of ether oxygens (including phenoxy) is 3. The van der Waals surface area contributed by atoms with Gasteiger partial charge in [-0.15, -0.1) is 11.8 Å². The summed E-state index contributed by atoms with van der Waals surface area (Å²) < 4.78 is 15.7. The number of thioether (sulfide) groups is 1. The largest absolute Gasteiger partial charge is 0.497 e. The molecule has 7 nitrogen and oxygen atoms in total. The molecule has 0 radical (unpaired) electrons.